The van der Waals surface area contributed by atoms with E-state index in [4.69, 9.17) is 0 Å². The molecule has 25 heavy (non-hydrogen) atoms. The van der Waals surface area contributed by atoms with Crippen molar-refractivity contribution in [2.75, 3.05) is 0 Å². The third-order valence-electron chi connectivity index (χ3n) is 6.33. The highest BCUT2D eigenvalue weighted by atomic mass is 32.2. The van der Waals surface area contributed by atoms with Crippen LogP contribution in [0.1, 0.15) is 73.1 Å². The Labute approximate surface area is 150 Å². The molecule has 0 radical (unpaired) electrons. The lowest BCUT2D eigenvalue weighted by Gasteiger charge is -2.43. The summed E-state index contributed by atoms with van der Waals surface area (Å²) in [6, 6.07) is 0. The van der Waals surface area contributed by atoms with Crippen molar-refractivity contribution in [3.8, 4) is 0 Å². The van der Waals surface area contributed by atoms with Gasteiger partial charge in [0.25, 0.3) is 0 Å². The third kappa shape index (κ3) is 3.53. The van der Waals surface area contributed by atoms with E-state index in [1.165, 1.54) is 20.8 Å². The highest BCUT2D eigenvalue weighted by Crippen LogP contribution is 2.55. The van der Waals surface area contributed by atoms with Crippen molar-refractivity contribution < 1.29 is 22.3 Å². The lowest BCUT2D eigenvalue weighted by molar-refractivity contribution is 0.00677. The molecular formula is C19H32F2O3S. The maximum absolute atomic E-state index is 14.4. The number of halogens is 2. The summed E-state index contributed by atoms with van der Waals surface area (Å²) in [6.07, 6.45) is 4.73. The largest absolute Gasteiger partial charge is 0.393 e. The molecule has 1 saturated carbocycles. The normalized spacial score (nSPS) is 32.2. The lowest BCUT2D eigenvalue weighted by Crippen LogP contribution is -2.42. The number of fused-ring (bicyclic) bond motifs is 1. The first kappa shape index (κ1) is 20.8. The van der Waals surface area contributed by atoms with Gasteiger partial charge >= 0.3 is 5.25 Å². The van der Waals surface area contributed by atoms with Crippen molar-refractivity contribution >= 4 is 9.84 Å². The summed E-state index contributed by atoms with van der Waals surface area (Å²) in [4.78, 5) is 0. The Kier molecular flexibility index (Phi) is 5.49. The van der Waals surface area contributed by atoms with Crippen LogP contribution in [0.5, 0.6) is 0 Å². The zero-order chi connectivity index (χ0) is 19.3. The molecule has 1 fully saturated rings. The van der Waals surface area contributed by atoms with Gasteiger partial charge in [-0.3, -0.25) is 0 Å². The van der Waals surface area contributed by atoms with E-state index >= 15 is 0 Å². The molecule has 146 valence electrons. The van der Waals surface area contributed by atoms with Crippen LogP contribution in [0.25, 0.3) is 0 Å². The van der Waals surface area contributed by atoms with Crippen molar-refractivity contribution in [1.29, 1.82) is 0 Å². The summed E-state index contributed by atoms with van der Waals surface area (Å²) in [6.45, 7) is 7.97. The van der Waals surface area contributed by atoms with Crippen molar-refractivity contribution in [3.63, 3.8) is 0 Å². The Hall–Kier alpha value is -0.490. The maximum atomic E-state index is 14.4. The molecule has 0 aliphatic heterocycles. The second-order valence-electron chi connectivity index (χ2n) is 9.07. The first-order chi connectivity index (χ1) is 11.2. The molecule has 4 atom stereocenters. The van der Waals surface area contributed by atoms with Gasteiger partial charge in [-0.05, 0) is 70.1 Å². The first-order valence-corrected chi connectivity index (χ1v) is 10.7. The summed E-state index contributed by atoms with van der Waals surface area (Å²) < 4.78 is 51.6. The van der Waals surface area contributed by atoms with Crippen LogP contribution in [0.15, 0.2) is 11.6 Å². The molecule has 2 aliphatic carbocycles. The standard InChI is InChI=1S/C19H32F2O3S/c1-13(10-12-19(20,21)25(23,24)17(2,3)4)14-8-9-15-16(22)7-6-11-18(14,15)5/h8,13,15-16,22H,6-7,9-12H2,1-5H3/t13-,15?,16?,18-/m1/s1. The van der Waals surface area contributed by atoms with Crippen LogP contribution in [-0.4, -0.2) is 29.6 Å². The monoisotopic (exact) mass is 378 g/mol. The van der Waals surface area contributed by atoms with Crippen molar-refractivity contribution in [2.45, 2.75) is 89.2 Å². The van der Waals surface area contributed by atoms with Gasteiger partial charge in [-0.25, -0.2) is 8.42 Å². The van der Waals surface area contributed by atoms with Crippen LogP contribution in [0, 0.1) is 17.3 Å². The number of alkyl halides is 2. The van der Waals surface area contributed by atoms with Crippen LogP contribution >= 0.6 is 0 Å². The number of sulfone groups is 1. The zero-order valence-corrected chi connectivity index (χ0v) is 16.8. The van der Waals surface area contributed by atoms with E-state index in [1.807, 2.05) is 6.92 Å². The van der Waals surface area contributed by atoms with Gasteiger partial charge in [-0.15, -0.1) is 0 Å². The molecule has 0 aromatic rings. The van der Waals surface area contributed by atoms with E-state index in [2.05, 4.69) is 13.0 Å². The summed E-state index contributed by atoms with van der Waals surface area (Å²) in [5.74, 6) is 0.0545. The molecule has 6 heteroatoms. The topological polar surface area (TPSA) is 54.4 Å². The van der Waals surface area contributed by atoms with Gasteiger partial charge in [0.05, 0.1) is 10.9 Å². The molecular weight excluding hydrogens is 346 g/mol. The summed E-state index contributed by atoms with van der Waals surface area (Å²) >= 11 is 0. The summed E-state index contributed by atoms with van der Waals surface area (Å²) in [5, 5.41) is 6.55. The number of allylic oxidation sites excluding steroid dienone is 2. The van der Waals surface area contributed by atoms with Crippen LogP contribution in [0.3, 0.4) is 0 Å². The van der Waals surface area contributed by atoms with Crippen LogP contribution in [0.4, 0.5) is 8.78 Å². The number of aliphatic hydroxyl groups excluding tert-OH is 1. The fourth-order valence-electron chi connectivity index (χ4n) is 4.64. The van der Waals surface area contributed by atoms with E-state index in [0.717, 1.165) is 31.3 Å². The Morgan fingerprint density at radius 3 is 2.52 bits per heavy atom. The second kappa shape index (κ2) is 6.59. The van der Waals surface area contributed by atoms with Crippen LogP contribution in [0.2, 0.25) is 0 Å². The van der Waals surface area contributed by atoms with Crippen molar-refractivity contribution in [1.82, 2.24) is 0 Å². The Bertz CT molecular complexity index is 634. The Morgan fingerprint density at radius 1 is 1.36 bits per heavy atom. The van der Waals surface area contributed by atoms with Gasteiger partial charge in [0, 0.05) is 6.42 Å². The van der Waals surface area contributed by atoms with Gasteiger partial charge in [-0.1, -0.05) is 25.5 Å². The fourth-order valence-corrected chi connectivity index (χ4v) is 5.92. The van der Waals surface area contributed by atoms with Gasteiger partial charge < -0.3 is 5.11 Å². The number of hydrogen-bond acceptors (Lipinski definition) is 3. The van der Waals surface area contributed by atoms with E-state index < -0.39 is 26.3 Å². The third-order valence-corrected chi connectivity index (χ3v) is 8.93. The zero-order valence-electron chi connectivity index (χ0n) is 16.0. The van der Waals surface area contributed by atoms with E-state index in [0.29, 0.717) is 0 Å². The predicted molar refractivity (Wildman–Crippen MR) is 96.2 cm³/mol. The molecule has 0 amide bonds. The minimum Gasteiger partial charge on any atom is -0.393 e. The minimum atomic E-state index is -4.54. The maximum Gasteiger partial charge on any atom is 0.346 e. The molecule has 3 nitrogen and oxygen atoms in total. The molecule has 0 aromatic heterocycles. The smallest absolute Gasteiger partial charge is 0.346 e. The SMILES string of the molecule is C[C@H](CCC(F)(F)S(=O)(=O)C(C)(C)C)C1=CCC2C(O)CCC[C@]12C. The highest BCUT2D eigenvalue weighted by Gasteiger charge is 2.52. The average Bonchev–Trinajstić information content (AvgIpc) is 2.82. The molecule has 1 N–H and O–H groups in total. The van der Waals surface area contributed by atoms with Crippen molar-refractivity contribution in [3.05, 3.63) is 11.6 Å². The number of rotatable bonds is 5. The Balaban J connectivity index is 2.10. The summed E-state index contributed by atoms with van der Waals surface area (Å²) in [7, 11) is -4.54. The number of hydrogen-bond donors (Lipinski definition) is 1. The predicted octanol–water partition coefficient (Wildman–Crippen LogP) is 4.71. The van der Waals surface area contributed by atoms with Gasteiger partial charge in [-0.2, -0.15) is 8.78 Å². The second-order valence-corrected chi connectivity index (χ2v) is 11.9. The molecule has 0 spiro atoms. The first-order valence-electron chi connectivity index (χ1n) is 9.24. The van der Waals surface area contributed by atoms with Crippen LogP contribution < -0.4 is 0 Å². The Morgan fingerprint density at radius 2 is 1.96 bits per heavy atom. The lowest BCUT2D eigenvalue weighted by atomic mass is 9.63. The number of aliphatic hydroxyl groups is 1. The molecule has 0 bridgehead atoms. The van der Waals surface area contributed by atoms with E-state index in [-0.39, 0.29) is 29.8 Å². The molecule has 0 saturated heterocycles. The molecule has 0 aromatic carbocycles. The molecule has 0 heterocycles. The van der Waals surface area contributed by atoms with Gasteiger partial charge in [0.15, 0.2) is 0 Å². The molecule has 2 unspecified atom stereocenters. The van der Waals surface area contributed by atoms with E-state index in [1.54, 1.807) is 0 Å². The van der Waals surface area contributed by atoms with Gasteiger partial charge in [0.2, 0.25) is 9.84 Å². The molecule has 2 rings (SSSR count). The molecule has 2 aliphatic rings. The average molecular weight is 379 g/mol. The van der Waals surface area contributed by atoms with Crippen molar-refractivity contribution in [2.24, 2.45) is 17.3 Å². The van der Waals surface area contributed by atoms with E-state index in [9.17, 15) is 22.3 Å². The minimum absolute atomic E-state index is 0.110. The van der Waals surface area contributed by atoms with Gasteiger partial charge in [0.1, 0.15) is 0 Å². The summed E-state index contributed by atoms with van der Waals surface area (Å²) in [5.41, 5.74) is 0.982. The highest BCUT2D eigenvalue weighted by molar-refractivity contribution is 7.93. The van der Waals surface area contributed by atoms with Crippen LogP contribution in [-0.2, 0) is 9.84 Å². The fraction of sp³-hybridized carbons (Fsp3) is 0.895. The quantitative estimate of drug-likeness (QED) is 0.705.